The van der Waals surface area contributed by atoms with Crippen LogP contribution in [-0.4, -0.2) is 40.0 Å². The first-order chi connectivity index (χ1) is 6.85. The maximum absolute atomic E-state index is 5.48. The summed E-state index contributed by atoms with van der Waals surface area (Å²) in [6, 6.07) is 0.467. The normalized spacial score (nSPS) is 13.1. The summed E-state index contributed by atoms with van der Waals surface area (Å²) in [5, 5.41) is 3.22. The SMILES string of the molecule is CCCCOCCCC(COC)NC. The fourth-order valence-corrected chi connectivity index (χ4v) is 1.29. The van der Waals surface area contributed by atoms with Crippen molar-refractivity contribution >= 4 is 0 Å². The Morgan fingerprint density at radius 3 is 2.50 bits per heavy atom. The summed E-state index contributed by atoms with van der Waals surface area (Å²) < 4.78 is 10.6. The zero-order chi connectivity index (χ0) is 10.6. The first kappa shape index (κ1) is 13.9. The molecule has 1 unspecified atom stereocenters. The molecule has 0 aromatic carbocycles. The maximum atomic E-state index is 5.48. The van der Waals surface area contributed by atoms with E-state index < -0.39 is 0 Å². The van der Waals surface area contributed by atoms with E-state index in [0.29, 0.717) is 6.04 Å². The van der Waals surface area contributed by atoms with Gasteiger partial charge < -0.3 is 14.8 Å². The fourth-order valence-electron chi connectivity index (χ4n) is 1.29. The monoisotopic (exact) mass is 203 g/mol. The summed E-state index contributed by atoms with van der Waals surface area (Å²) in [5.74, 6) is 0. The molecule has 3 nitrogen and oxygen atoms in total. The Kier molecular flexibility index (Phi) is 10.9. The molecule has 0 bridgehead atoms. The molecule has 14 heavy (non-hydrogen) atoms. The zero-order valence-corrected chi connectivity index (χ0v) is 9.84. The van der Waals surface area contributed by atoms with Gasteiger partial charge >= 0.3 is 0 Å². The molecule has 0 aliphatic heterocycles. The molecular weight excluding hydrogens is 178 g/mol. The molecule has 0 radical (unpaired) electrons. The Balaban J connectivity index is 3.15. The second-order valence-electron chi connectivity index (χ2n) is 3.55. The van der Waals surface area contributed by atoms with Crippen LogP contribution in [0.5, 0.6) is 0 Å². The van der Waals surface area contributed by atoms with Gasteiger partial charge in [-0.1, -0.05) is 13.3 Å². The second-order valence-corrected chi connectivity index (χ2v) is 3.55. The van der Waals surface area contributed by atoms with Gasteiger partial charge in [-0.3, -0.25) is 0 Å². The predicted octanol–water partition coefficient (Wildman–Crippen LogP) is 1.82. The van der Waals surface area contributed by atoms with E-state index in [1.165, 1.54) is 12.8 Å². The van der Waals surface area contributed by atoms with Crippen LogP contribution in [0.3, 0.4) is 0 Å². The maximum Gasteiger partial charge on any atom is 0.0615 e. The molecule has 1 N–H and O–H groups in total. The Hall–Kier alpha value is -0.120. The van der Waals surface area contributed by atoms with E-state index in [4.69, 9.17) is 9.47 Å². The molecule has 3 heteroatoms. The third kappa shape index (κ3) is 8.48. The number of methoxy groups -OCH3 is 1. The molecule has 0 fully saturated rings. The molecular formula is C11H25NO2. The topological polar surface area (TPSA) is 30.5 Å². The van der Waals surface area contributed by atoms with E-state index in [1.807, 2.05) is 7.05 Å². The summed E-state index contributed by atoms with van der Waals surface area (Å²) in [6.45, 7) is 4.75. The van der Waals surface area contributed by atoms with E-state index in [2.05, 4.69) is 12.2 Å². The molecule has 0 amide bonds. The Labute approximate surface area is 88.2 Å². The molecule has 0 saturated heterocycles. The van der Waals surface area contributed by atoms with Gasteiger partial charge in [0.05, 0.1) is 6.61 Å². The van der Waals surface area contributed by atoms with Crippen LogP contribution in [0.25, 0.3) is 0 Å². The highest BCUT2D eigenvalue weighted by molar-refractivity contribution is 4.62. The number of hydrogen-bond acceptors (Lipinski definition) is 3. The zero-order valence-electron chi connectivity index (χ0n) is 9.84. The van der Waals surface area contributed by atoms with Crippen molar-refractivity contribution < 1.29 is 9.47 Å². The second kappa shape index (κ2) is 11.0. The average molecular weight is 203 g/mol. The highest BCUT2D eigenvalue weighted by atomic mass is 16.5. The van der Waals surface area contributed by atoms with Crippen molar-refractivity contribution in [1.29, 1.82) is 0 Å². The van der Waals surface area contributed by atoms with E-state index in [-0.39, 0.29) is 0 Å². The van der Waals surface area contributed by atoms with Crippen LogP contribution >= 0.6 is 0 Å². The molecule has 0 aliphatic carbocycles. The van der Waals surface area contributed by atoms with Gasteiger partial charge in [0.15, 0.2) is 0 Å². The van der Waals surface area contributed by atoms with Crippen LogP contribution in [0, 0.1) is 0 Å². The minimum absolute atomic E-state index is 0.467. The first-order valence-corrected chi connectivity index (χ1v) is 5.59. The third-order valence-corrected chi connectivity index (χ3v) is 2.26. The van der Waals surface area contributed by atoms with Gasteiger partial charge in [0.2, 0.25) is 0 Å². The summed E-state index contributed by atoms with van der Waals surface area (Å²) >= 11 is 0. The molecule has 0 aromatic heterocycles. The van der Waals surface area contributed by atoms with E-state index >= 15 is 0 Å². The Morgan fingerprint density at radius 2 is 1.93 bits per heavy atom. The standard InChI is InChI=1S/C11H25NO2/c1-4-5-8-14-9-6-7-11(12-2)10-13-3/h11-12H,4-10H2,1-3H3. The predicted molar refractivity (Wildman–Crippen MR) is 59.7 cm³/mol. The fraction of sp³-hybridized carbons (Fsp3) is 1.00. The van der Waals surface area contributed by atoms with Crippen LogP contribution in [-0.2, 0) is 9.47 Å². The summed E-state index contributed by atoms with van der Waals surface area (Å²) in [4.78, 5) is 0. The molecule has 0 aliphatic rings. The van der Waals surface area contributed by atoms with Gasteiger partial charge in [-0.25, -0.2) is 0 Å². The van der Waals surface area contributed by atoms with Crippen LogP contribution in [0.1, 0.15) is 32.6 Å². The van der Waals surface area contributed by atoms with E-state index in [9.17, 15) is 0 Å². The molecule has 0 rings (SSSR count). The number of rotatable bonds is 10. The molecule has 0 saturated carbocycles. The number of ether oxygens (including phenoxy) is 2. The van der Waals surface area contributed by atoms with Crippen molar-refractivity contribution in [3.8, 4) is 0 Å². The number of likely N-dealkylation sites (N-methyl/N-ethyl adjacent to an activating group) is 1. The van der Waals surface area contributed by atoms with Crippen molar-refractivity contribution in [3.63, 3.8) is 0 Å². The van der Waals surface area contributed by atoms with E-state index in [1.54, 1.807) is 7.11 Å². The largest absolute Gasteiger partial charge is 0.383 e. The highest BCUT2D eigenvalue weighted by Crippen LogP contribution is 1.98. The third-order valence-electron chi connectivity index (χ3n) is 2.26. The van der Waals surface area contributed by atoms with Gasteiger partial charge in [-0.05, 0) is 26.3 Å². The summed E-state index contributed by atoms with van der Waals surface area (Å²) in [6.07, 6.45) is 4.62. The van der Waals surface area contributed by atoms with Gasteiger partial charge in [0, 0.05) is 26.4 Å². The van der Waals surface area contributed by atoms with Crippen LogP contribution in [0.15, 0.2) is 0 Å². The molecule has 86 valence electrons. The van der Waals surface area contributed by atoms with Crippen LogP contribution in [0.2, 0.25) is 0 Å². The lowest BCUT2D eigenvalue weighted by atomic mass is 10.2. The summed E-state index contributed by atoms with van der Waals surface area (Å²) in [5.41, 5.74) is 0. The van der Waals surface area contributed by atoms with Crippen molar-refractivity contribution in [2.24, 2.45) is 0 Å². The van der Waals surface area contributed by atoms with Crippen molar-refractivity contribution in [1.82, 2.24) is 5.32 Å². The Morgan fingerprint density at radius 1 is 1.21 bits per heavy atom. The Bertz CT molecular complexity index is 109. The summed E-state index contributed by atoms with van der Waals surface area (Å²) in [7, 11) is 3.71. The number of unbranched alkanes of at least 4 members (excludes halogenated alkanes) is 1. The quantitative estimate of drug-likeness (QED) is 0.549. The average Bonchev–Trinajstić information content (AvgIpc) is 2.21. The molecule has 1 atom stereocenters. The van der Waals surface area contributed by atoms with E-state index in [0.717, 1.165) is 32.7 Å². The smallest absolute Gasteiger partial charge is 0.0615 e. The lowest BCUT2D eigenvalue weighted by Crippen LogP contribution is -2.30. The lowest BCUT2D eigenvalue weighted by molar-refractivity contribution is 0.117. The van der Waals surface area contributed by atoms with Gasteiger partial charge in [0.25, 0.3) is 0 Å². The molecule has 0 spiro atoms. The molecule has 0 aromatic rings. The van der Waals surface area contributed by atoms with Crippen LogP contribution < -0.4 is 5.32 Å². The number of hydrogen-bond donors (Lipinski definition) is 1. The molecule has 0 heterocycles. The highest BCUT2D eigenvalue weighted by Gasteiger charge is 2.03. The van der Waals surface area contributed by atoms with Gasteiger partial charge in [-0.2, -0.15) is 0 Å². The van der Waals surface area contributed by atoms with Gasteiger partial charge in [-0.15, -0.1) is 0 Å². The first-order valence-electron chi connectivity index (χ1n) is 5.59. The minimum atomic E-state index is 0.467. The lowest BCUT2D eigenvalue weighted by Gasteiger charge is -2.14. The minimum Gasteiger partial charge on any atom is -0.383 e. The van der Waals surface area contributed by atoms with Crippen molar-refractivity contribution in [2.45, 2.75) is 38.6 Å². The number of nitrogens with one attached hydrogen (secondary N) is 1. The van der Waals surface area contributed by atoms with Crippen LogP contribution in [0.4, 0.5) is 0 Å². The van der Waals surface area contributed by atoms with Crippen molar-refractivity contribution in [2.75, 3.05) is 34.0 Å². The van der Waals surface area contributed by atoms with Crippen molar-refractivity contribution in [3.05, 3.63) is 0 Å². The van der Waals surface area contributed by atoms with Gasteiger partial charge in [0.1, 0.15) is 0 Å².